The van der Waals surface area contributed by atoms with E-state index < -0.39 is 23.8 Å². The molecule has 6 heteroatoms. The second kappa shape index (κ2) is 3.36. The van der Waals surface area contributed by atoms with Gasteiger partial charge in [0.05, 0.1) is 0 Å². The summed E-state index contributed by atoms with van der Waals surface area (Å²) in [5.41, 5.74) is 5.12. The highest BCUT2D eigenvalue weighted by atomic mass is 16.4. The quantitative estimate of drug-likeness (QED) is 0.510. The number of imide groups is 1. The van der Waals surface area contributed by atoms with Gasteiger partial charge in [0.25, 0.3) is 11.8 Å². The van der Waals surface area contributed by atoms with Gasteiger partial charge in [-0.1, -0.05) is 0 Å². The molecule has 2 amide bonds. The van der Waals surface area contributed by atoms with Crippen molar-refractivity contribution in [1.29, 1.82) is 0 Å². The fourth-order valence-corrected chi connectivity index (χ4v) is 1.04. The summed E-state index contributed by atoms with van der Waals surface area (Å²) in [4.78, 5) is 33.2. The highest BCUT2D eigenvalue weighted by Gasteiger charge is 2.34. The molecule has 0 saturated carbocycles. The van der Waals surface area contributed by atoms with Gasteiger partial charge in [-0.05, 0) is 0 Å². The maximum absolute atomic E-state index is 11.0. The van der Waals surface area contributed by atoms with Crippen molar-refractivity contribution in [3.8, 4) is 0 Å². The zero-order valence-corrected chi connectivity index (χ0v) is 6.64. The number of rotatable bonds is 3. The number of nitrogens with two attached hydrogens (primary N) is 1. The van der Waals surface area contributed by atoms with E-state index >= 15 is 0 Å². The summed E-state index contributed by atoms with van der Waals surface area (Å²) < 4.78 is 0. The molecule has 0 radical (unpaired) electrons. The van der Waals surface area contributed by atoms with Crippen molar-refractivity contribution in [2.24, 2.45) is 5.73 Å². The molecule has 13 heavy (non-hydrogen) atoms. The topological polar surface area (TPSA) is 101 Å². The standard InChI is InChI=1S/C7H8N2O4/c8-3-4(7(12)13)9-5(10)1-2-6(9)11/h1-2,4H,3,8H2,(H,12,13). The number of carbonyl (C=O) groups excluding carboxylic acids is 2. The smallest absolute Gasteiger partial charge is 0.328 e. The summed E-state index contributed by atoms with van der Waals surface area (Å²) >= 11 is 0. The van der Waals surface area contributed by atoms with Crippen LogP contribution in [-0.2, 0) is 14.4 Å². The Balaban J connectivity index is 2.87. The minimum Gasteiger partial charge on any atom is -0.480 e. The maximum atomic E-state index is 11.0. The largest absolute Gasteiger partial charge is 0.480 e. The van der Waals surface area contributed by atoms with Crippen LogP contribution in [0, 0.1) is 0 Å². The second-order valence-electron chi connectivity index (χ2n) is 2.47. The van der Waals surface area contributed by atoms with E-state index in [0.717, 1.165) is 12.2 Å². The van der Waals surface area contributed by atoms with Crippen LogP contribution in [0.5, 0.6) is 0 Å². The Morgan fingerprint density at radius 1 is 1.46 bits per heavy atom. The molecule has 1 aliphatic heterocycles. The third-order valence-corrected chi connectivity index (χ3v) is 1.66. The van der Waals surface area contributed by atoms with Gasteiger partial charge >= 0.3 is 5.97 Å². The highest BCUT2D eigenvalue weighted by molar-refractivity contribution is 6.14. The lowest BCUT2D eigenvalue weighted by atomic mass is 10.2. The normalized spacial score (nSPS) is 18.1. The lowest BCUT2D eigenvalue weighted by molar-refractivity contribution is -0.152. The molecular formula is C7H8N2O4. The molecule has 1 aliphatic rings. The summed E-state index contributed by atoms with van der Waals surface area (Å²) in [6.45, 7) is -0.283. The molecule has 1 rings (SSSR count). The molecule has 0 spiro atoms. The van der Waals surface area contributed by atoms with Gasteiger partial charge in [0.2, 0.25) is 0 Å². The summed E-state index contributed by atoms with van der Waals surface area (Å²) in [6, 6.07) is -1.27. The van der Waals surface area contributed by atoms with E-state index in [1.54, 1.807) is 0 Å². The van der Waals surface area contributed by atoms with Crippen molar-refractivity contribution >= 4 is 17.8 Å². The summed E-state index contributed by atoms with van der Waals surface area (Å²) in [7, 11) is 0. The van der Waals surface area contributed by atoms with Crippen LogP contribution in [0.1, 0.15) is 0 Å². The van der Waals surface area contributed by atoms with E-state index in [4.69, 9.17) is 10.8 Å². The molecule has 0 saturated heterocycles. The van der Waals surface area contributed by atoms with Crippen molar-refractivity contribution in [2.45, 2.75) is 6.04 Å². The molecule has 70 valence electrons. The SMILES string of the molecule is NCC(C(=O)O)N1C(=O)C=CC1=O. The van der Waals surface area contributed by atoms with Gasteiger partial charge in [-0.25, -0.2) is 4.79 Å². The van der Waals surface area contributed by atoms with Crippen molar-refractivity contribution in [3.05, 3.63) is 12.2 Å². The molecule has 0 bridgehead atoms. The van der Waals surface area contributed by atoms with Gasteiger partial charge in [0.15, 0.2) is 0 Å². The number of hydrogen-bond acceptors (Lipinski definition) is 4. The highest BCUT2D eigenvalue weighted by Crippen LogP contribution is 2.08. The Hall–Kier alpha value is -1.69. The number of carboxylic acid groups (broad SMARTS) is 1. The number of amides is 2. The van der Waals surface area contributed by atoms with Crippen LogP contribution in [0.3, 0.4) is 0 Å². The van der Waals surface area contributed by atoms with Crippen molar-refractivity contribution < 1.29 is 19.5 Å². The molecule has 0 aliphatic carbocycles. The Bertz CT molecular complexity index is 279. The third kappa shape index (κ3) is 1.57. The minimum absolute atomic E-state index is 0.283. The fraction of sp³-hybridized carbons (Fsp3) is 0.286. The molecule has 0 aromatic rings. The predicted molar refractivity (Wildman–Crippen MR) is 41.5 cm³/mol. The van der Waals surface area contributed by atoms with E-state index in [2.05, 4.69) is 0 Å². The van der Waals surface area contributed by atoms with Crippen molar-refractivity contribution in [3.63, 3.8) is 0 Å². The second-order valence-corrected chi connectivity index (χ2v) is 2.47. The first-order valence-electron chi connectivity index (χ1n) is 3.56. The lowest BCUT2D eigenvalue weighted by Gasteiger charge is -2.20. The van der Waals surface area contributed by atoms with Crippen molar-refractivity contribution in [2.75, 3.05) is 6.54 Å². The fourth-order valence-electron chi connectivity index (χ4n) is 1.04. The number of aliphatic carboxylic acids is 1. The maximum Gasteiger partial charge on any atom is 0.328 e. The molecule has 1 unspecified atom stereocenters. The zero-order chi connectivity index (χ0) is 10.0. The van der Waals surface area contributed by atoms with E-state index in [1.807, 2.05) is 0 Å². The number of nitrogens with zero attached hydrogens (tertiary/aromatic N) is 1. The van der Waals surface area contributed by atoms with Crippen LogP contribution in [-0.4, -0.2) is 40.4 Å². The molecule has 0 fully saturated rings. The van der Waals surface area contributed by atoms with Gasteiger partial charge in [0, 0.05) is 18.7 Å². The Labute approximate surface area is 73.6 Å². The van der Waals surface area contributed by atoms with E-state index in [1.165, 1.54) is 0 Å². The first-order valence-corrected chi connectivity index (χ1v) is 3.56. The van der Waals surface area contributed by atoms with Crippen LogP contribution >= 0.6 is 0 Å². The van der Waals surface area contributed by atoms with Gasteiger partial charge in [-0.2, -0.15) is 0 Å². The molecule has 0 aromatic carbocycles. The number of carbonyl (C=O) groups is 3. The molecular weight excluding hydrogens is 176 g/mol. The molecule has 3 N–H and O–H groups in total. The predicted octanol–water partition coefficient (Wildman–Crippen LogP) is -1.68. The zero-order valence-electron chi connectivity index (χ0n) is 6.64. The number of hydrogen-bond donors (Lipinski definition) is 2. The van der Waals surface area contributed by atoms with Gasteiger partial charge in [-0.3, -0.25) is 14.5 Å². The molecule has 1 atom stereocenters. The summed E-state index contributed by atoms with van der Waals surface area (Å²) in [5, 5.41) is 8.62. The van der Waals surface area contributed by atoms with E-state index in [9.17, 15) is 14.4 Å². The van der Waals surface area contributed by atoms with Gasteiger partial charge < -0.3 is 10.8 Å². The Kier molecular flexibility index (Phi) is 2.43. The minimum atomic E-state index is -1.28. The van der Waals surface area contributed by atoms with Gasteiger partial charge in [-0.15, -0.1) is 0 Å². The lowest BCUT2D eigenvalue weighted by Crippen LogP contribution is -2.49. The third-order valence-electron chi connectivity index (χ3n) is 1.66. The molecule has 6 nitrogen and oxygen atoms in total. The van der Waals surface area contributed by atoms with Crippen LogP contribution in [0.25, 0.3) is 0 Å². The van der Waals surface area contributed by atoms with Gasteiger partial charge in [0.1, 0.15) is 6.04 Å². The molecule has 1 heterocycles. The average Bonchev–Trinajstić information content (AvgIpc) is 2.36. The van der Waals surface area contributed by atoms with Crippen LogP contribution in [0.4, 0.5) is 0 Å². The summed E-state index contributed by atoms with van der Waals surface area (Å²) in [5.74, 6) is -2.56. The van der Waals surface area contributed by atoms with E-state index in [-0.39, 0.29) is 6.54 Å². The van der Waals surface area contributed by atoms with Crippen LogP contribution in [0.15, 0.2) is 12.2 Å². The Morgan fingerprint density at radius 2 is 1.92 bits per heavy atom. The van der Waals surface area contributed by atoms with Crippen molar-refractivity contribution in [1.82, 2.24) is 4.90 Å². The molecule has 0 aromatic heterocycles. The average molecular weight is 184 g/mol. The summed E-state index contributed by atoms with van der Waals surface area (Å²) in [6.07, 6.45) is 2.04. The van der Waals surface area contributed by atoms with Crippen LogP contribution < -0.4 is 5.73 Å². The first kappa shape index (κ1) is 9.40. The van der Waals surface area contributed by atoms with E-state index in [0.29, 0.717) is 4.90 Å². The Morgan fingerprint density at radius 3 is 2.23 bits per heavy atom. The number of carboxylic acids is 1. The first-order chi connectivity index (χ1) is 6.07. The van der Waals surface area contributed by atoms with Crippen LogP contribution in [0.2, 0.25) is 0 Å². The monoisotopic (exact) mass is 184 g/mol.